The molecule has 2 aromatic carbocycles. The molecule has 0 bridgehead atoms. The van der Waals surface area contributed by atoms with E-state index in [0.29, 0.717) is 35.9 Å². The third kappa shape index (κ3) is 7.73. The van der Waals surface area contributed by atoms with E-state index in [-0.39, 0.29) is 11.2 Å². The molecule has 1 fully saturated rings. The first-order valence-electron chi connectivity index (χ1n) is 16.8. The summed E-state index contributed by atoms with van der Waals surface area (Å²) in [6, 6.07) is 14.3. The number of benzene rings is 2. The van der Waals surface area contributed by atoms with Crippen LogP contribution in [-0.2, 0) is 16.0 Å². The largest absolute Gasteiger partial charge is 0.493 e. The minimum absolute atomic E-state index is 0.176. The Morgan fingerprint density at radius 2 is 1.60 bits per heavy atom. The van der Waals surface area contributed by atoms with E-state index in [0.717, 1.165) is 65.3 Å². The van der Waals surface area contributed by atoms with E-state index in [2.05, 4.69) is 25.7 Å². The van der Waals surface area contributed by atoms with Crippen molar-refractivity contribution >= 4 is 11.7 Å². The van der Waals surface area contributed by atoms with Gasteiger partial charge in [0.2, 0.25) is 0 Å². The van der Waals surface area contributed by atoms with Gasteiger partial charge in [-0.15, -0.1) is 0 Å². The number of aromatic nitrogens is 3. The summed E-state index contributed by atoms with van der Waals surface area (Å²) in [5.41, 5.74) is 7.08. The number of halogens is 1. The second-order valence-electron chi connectivity index (χ2n) is 14.7. The fourth-order valence-electron chi connectivity index (χ4n) is 6.25. The lowest BCUT2D eigenvalue weighted by molar-refractivity contribution is -0.160. The first kappa shape index (κ1) is 35.1. The molecule has 1 aliphatic rings. The number of aliphatic carboxylic acids is 1. The first-order valence-corrected chi connectivity index (χ1v) is 16.8. The summed E-state index contributed by atoms with van der Waals surface area (Å²) in [6.45, 7) is 20.1. The molecule has 1 aliphatic heterocycles. The Kier molecular flexibility index (Phi) is 10.0. The number of carboxylic acids is 1. The molecule has 256 valence electrons. The van der Waals surface area contributed by atoms with Gasteiger partial charge in [-0.25, -0.2) is 18.9 Å². The van der Waals surface area contributed by atoms with Gasteiger partial charge in [0.05, 0.1) is 29.2 Å². The van der Waals surface area contributed by atoms with E-state index >= 15 is 0 Å². The maximum atomic E-state index is 13.3. The van der Waals surface area contributed by atoms with Crippen molar-refractivity contribution in [2.24, 2.45) is 5.41 Å². The standard InChI is InChI=1S/C39H49FN4O4/c1-24-25(2)42-44(27(24)4)36-33(29-12-16-31(17-13-29)47-23-18-28-10-14-30(40)15-11-28)34(43-21-19-39(8,9)20-22-43)32(26(3)41-36)35(37(45)46)48-38(5,6)7/h10-17,35H,18-23H2,1-9H3,(H,45,46). The molecule has 4 aromatic rings. The van der Waals surface area contributed by atoms with E-state index in [1.165, 1.54) is 12.1 Å². The summed E-state index contributed by atoms with van der Waals surface area (Å²) in [5.74, 6) is 0.0327. The van der Waals surface area contributed by atoms with Crippen LogP contribution in [0.4, 0.5) is 10.1 Å². The number of carboxylic acid groups (broad SMARTS) is 1. The molecule has 1 N–H and O–H groups in total. The SMILES string of the molecule is Cc1nn(-c2nc(C)c(C(OC(C)(C)C)C(=O)O)c(N3CCC(C)(C)CC3)c2-c2ccc(OCCc3ccc(F)cc3)cc2)c(C)c1C. The Morgan fingerprint density at radius 1 is 0.979 bits per heavy atom. The number of ether oxygens (including phenoxy) is 2. The lowest BCUT2D eigenvalue weighted by Gasteiger charge is -2.41. The number of hydrogen-bond acceptors (Lipinski definition) is 6. The Morgan fingerprint density at radius 3 is 2.15 bits per heavy atom. The average molecular weight is 657 g/mol. The van der Waals surface area contributed by atoms with Crippen LogP contribution in [0.15, 0.2) is 48.5 Å². The molecule has 3 heterocycles. The van der Waals surface area contributed by atoms with Crippen LogP contribution in [0.2, 0.25) is 0 Å². The molecule has 1 unspecified atom stereocenters. The molecule has 48 heavy (non-hydrogen) atoms. The van der Waals surface area contributed by atoms with E-state index in [9.17, 15) is 14.3 Å². The molecule has 9 heteroatoms. The van der Waals surface area contributed by atoms with Gasteiger partial charge in [-0.2, -0.15) is 5.10 Å². The van der Waals surface area contributed by atoms with Crippen molar-refractivity contribution in [1.29, 1.82) is 0 Å². The lowest BCUT2D eigenvalue weighted by Crippen LogP contribution is -2.39. The smallest absolute Gasteiger partial charge is 0.337 e. The number of aryl methyl sites for hydroxylation is 2. The molecular formula is C39H49FN4O4. The van der Waals surface area contributed by atoms with Gasteiger partial charge in [-0.3, -0.25) is 0 Å². The molecule has 0 spiro atoms. The number of rotatable bonds is 10. The predicted molar refractivity (Wildman–Crippen MR) is 188 cm³/mol. The Labute approximate surface area is 283 Å². The number of pyridine rings is 1. The van der Waals surface area contributed by atoms with Crippen LogP contribution in [0.3, 0.4) is 0 Å². The maximum Gasteiger partial charge on any atom is 0.337 e. The summed E-state index contributed by atoms with van der Waals surface area (Å²) in [6.07, 6.45) is 1.33. The molecule has 1 atom stereocenters. The van der Waals surface area contributed by atoms with Crippen molar-refractivity contribution < 1.29 is 23.8 Å². The second-order valence-corrected chi connectivity index (χ2v) is 14.7. The average Bonchev–Trinajstić information content (AvgIpc) is 3.27. The van der Waals surface area contributed by atoms with Crippen LogP contribution in [0.25, 0.3) is 16.9 Å². The first-order chi connectivity index (χ1) is 22.5. The summed E-state index contributed by atoms with van der Waals surface area (Å²) < 4.78 is 27.6. The van der Waals surface area contributed by atoms with Crippen LogP contribution >= 0.6 is 0 Å². The van der Waals surface area contributed by atoms with Crippen LogP contribution in [0.1, 0.15) is 87.3 Å². The summed E-state index contributed by atoms with van der Waals surface area (Å²) in [7, 11) is 0. The van der Waals surface area contributed by atoms with E-state index in [1.807, 2.05) is 70.5 Å². The highest BCUT2D eigenvalue weighted by atomic mass is 19.1. The Balaban J connectivity index is 1.68. The number of nitrogens with zero attached hydrogens (tertiary/aromatic N) is 4. The summed E-state index contributed by atoms with van der Waals surface area (Å²) in [5, 5.41) is 15.6. The van der Waals surface area contributed by atoms with Gasteiger partial charge in [0, 0.05) is 36.5 Å². The van der Waals surface area contributed by atoms with Gasteiger partial charge in [0.1, 0.15) is 11.6 Å². The quantitative estimate of drug-likeness (QED) is 0.183. The van der Waals surface area contributed by atoms with Crippen LogP contribution in [-0.4, -0.2) is 51.1 Å². The van der Waals surface area contributed by atoms with Gasteiger partial charge >= 0.3 is 5.97 Å². The molecule has 2 aromatic heterocycles. The van der Waals surface area contributed by atoms with Crippen molar-refractivity contribution in [3.8, 4) is 22.7 Å². The van der Waals surface area contributed by atoms with Crippen LogP contribution in [0.5, 0.6) is 5.75 Å². The maximum absolute atomic E-state index is 13.3. The van der Waals surface area contributed by atoms with Gasteiger partial charge < -0.3 is 19.5 Å². The fourth-order valence-corrected chi connectivity index (χ4v) is 6.25. The third-order valence-corrected chi connectivity index (χ3v) is 9.34. The number of hydrogen-bond donors (Lipinski definition) is 1. The minimum Gasteiger partial charge on any atom is -0.493 e. The van der Waals surface area contributed by atoms with Gasteiger partial charge in [-0.1, -0.05) is 38.1 Å². The molecule has 0 aliphatic carbocycles. The zero-order valence-electron chi connectivity index (χ0n) is 29.8. The lowest BCUT2D eigenvalue weighted by atomic mass is 9.82. The number of carbonyl (C=O) groups is 1. The minimum atomic E-state index is -1.23. The third-order valence-electron chi connectivity index (χ3n) is 9.34. The second kappa shape index (κ2) is 13.7. The molecule has 1 saturated heterocycles. The monoisotopic (exact) mass is 656 g/mol. The Bertz CT molecular complexity index is 1760. The van der Waals surface area contributed by atoms with Crippen molar-refractivity contribution in [3.05, 3.63) is 88.1 Å². The van der Waals surface area contributed by atoms with Gasteiger partial charge in [0.15, 0.2) is 11.9 Å². The normalized spacial score (nSPS) is 15.4. The van der Waals surface area contributed by atoms with Gasteiger partial charge in [0.25, 0.3) is 0 Å². The van der Waals surface area contributed by atoms with Crippen molar-refractivity contribution in [3.63, 3.8) is 0 Å². The van der Waals surface area contributed by atoms with Crippen molar-refractivity contribution in [2.45, 2.75) is 93.3 Å². The van der Waals surface area contributed by atoms with E-state index < -0.39 is 17.7 Å². The summed E-state index contributed by atoms with van der Waals surface area (Å²) >= 11 is 0. The number of piperidine rings is 1. The topological polar surface area (TPSA) is 89.7 Å². The van der Waals surface area contributed by atoms with Gasteiger partial charge in [-0.05, 0) is 108 Å². The molecule has 0 radical (unpaired) electrons. The van der Waals surface area contributed by atoms with E-state index in [4.69, 9.17) is 19.6 Å². The zero-order chi connectivity index (χ0) is 35.0. The highest BCUT2D eigenvalue weighted by molar-refractivity contribution is 5.90. The zero-order valence-corrected chi connectivity index (χ0v) is 29.8. The Hall–Kier alpha value is -4.24. The molecule has 5 rings (SSSR count). The molecule has 0 amide bonds. The van der Waals surface area contributed by atoms with E-state index in [1.54, 1.807) is 12.1 Å². The van der Waals surface area contributed by atoms with Crippen LogP contribution in [0, 0.1) is 38.9 Å². The molecule has 8 nitrogen and oxygen atoms in total. The highest BCUT2D eigenvalue weighted by Crippen LogP contribution is 2.46. The highest BCUT2D eigenvalue weighted by Gasteiger charge is 2.37. The molecule has 0 saturated carbocycles. The van der Waals surface area contributed by atoms with Crippen molar-refractivity contribution in [1.82, 2.24) is 14.8 Å². The molecular weight excluding hydrogens is 607 g/mol. The predicted octanol–water partition coefficient (Wildman–Crippen LogP) is 8.50. The van der Waals surface area contributed by atoms with Crippen molar-refractivity contribution in [2.75, 3.05) is 24.6 Å². The van der Waals surface area contributed by atoms with Crippen LogP contribution < -0.4 is 9.64 Å². The fraction of sp³-hybridized carbons (Fsp3) is 0.462. The summed E-state index contributed by atoms with van der Waals surface area (Å²) in [4.78, 5) is 20.5. The number of anilines is 1.